The summed E-state index contributed by atoms with van der Waals surface area (Å²) < 4.78 is 5.39. The Kier molecular flexibility index (Phi) is 4.65. The summed E-state index contributed by atoms with van der Waals surface area (Å²) in [6, 6.07) is 7.88. The summed E-state index contributed by atoms with van der Waals surface area (Å²) >= 11 is 0. The molecule has 1 aliphatic heterocycles. The lowest BCUT2D eigenvalue weighted by Crippen LogP contribution is -2.37. The van der Waals surface area contributed by atoms with Crippen molar-refractivity contribution in [3.05, 3.63) is 29.8 Å². The van der Waals surface area contributed by atoms with Gasteiger partial charge in [-0.15, -0.1) is 0 Å². The van der Waals surface area contributed by atoms with Gasteiger partial charge in [0.25, 0.3) is 0 Å². The van der Waals surface area contributed by atoms with Crippen molar-refractivity contribution in [2.75, 3.05) is 27.2 Å². The Labute approximate surface area is 121 Å². The Morgan fingerprint density at radius 2 is 2.10 bits per heavy atom. The molecule has 110 valence electrons. The fourth-order valence-electron chi connectivity index (χ4n) is 2.81. The molecule has 20 heavy (non-hydrogen) atoms. The molecule has 1 fully saturated rings. The Morgan fingerprint density at radius 1 is 1.40 bits per heavy atom. The number of rotatable bonds is 4. The molecule has 2 rings (SSSR count). The number of para-hydroxylation sites is 1. The molecular formula is C16H24N2O2. The zero-order valence-electron chi connectivity index (χ0n) is 12.7. The molecule has 1 heterocycles. The quantitative estimate of drug-likeness (QED) is 0.915. The maximum absolute atomic E-state index is 12.6. The third kappa shape index (κ3) is 2.80. The molecule has 0 spiro atoms. The maximum atomic E-state index is 12.6. The molecule has 1 amide bonds. The van der Waals surface area contributed by atoms with Crippen LogP contribution in [0.2, 0.25) is 0 Å². The second kappa shape index (κ2) is 6.27. The van der Waals surface area contributed by atoms with Gasteiger partial charge in [0.1, 0.15) is 5.75 Å². The molecule has 1 saturated heterocycles. The van der Waals surface area contributed by atoms with Crippen LogP contribution in [0, 0.1) is 11.8 Å². The first-order valence-electron chi connectivity index (χ1n) is 7.16. The largest absolute Gasteiger partial charge is 0.496 e. The van der Waals surface area contributed by atoms with Crippen LogP contribution < -0.4 is 10.1 Å². The third-order valence-corrected chi connectivity index (χ3v) is 4.35. The van der Waals surface area contributed by atoms with Crippen molar-refractivity contribution in [3.63, 3.8) is 0 Å². The molecular weight excluding hydrogens is 252 g/mol. The van der Waals surface area contributed by atoms with E-state index in [-0.39, 0.29) is 17.9 Å². The molecule has 1 aromatic rings. The van der Waals surface area contributed by atoms with Crippen molar-refractivity contribution in [2.24, 2.45) is 11.8 Å². The topological polar surface area (TPSA) is 41.6 Å². The van der Waals surface area contributed by atoms with E-state index in [9.17, 15) is 4.79 Å². The van der Waals surface area contributed by atoms with Gasteiger partial charge in [0, 0.05) is 19.2 Å². The lowest BCUT2D eigenvalue weighted by atomic mass is 9.95. The van der Waals surface area contributed by atoms with E-state index in [2.05, 4.69) is 12.2 Å². The summed E-state index contributed by atoms with van der Waals surface area (Å²) in [5.41, 5.74) is 1.05. The molecule has 1 aromatic carbocycles. The number of hydrogen-bond acceptors (Lipinski definition) is 3. The van der Waals surface area contributed by atoms with E-state index in [0.29, 0.717) is 5.92 Å². The van der Waals surface area contributed by atoms with E-state index in [0.717, 1.165) is 24.4 Å². The Hall–Kier alpha value is -1.55. The third-order valence-electron chi connectivity index (χ3n) is 4.35. The van der Waals surface area contributed by atoms with Crippen LogP contribution in [0.25, 0.3) is 0 Å². The van der Waals surface area contributed by atoms with Gasteiger partial charge < -0.3 is 15.0 Å². The molecule has 4 heteroatoms. The molecule has 0 bridgehead atoms. The summed E-state index contributed by atoms with van der Waals surface area (Å²) in [6.45, 7) is 5.88. The van der Waals surface area contributed by atoms with Crippen LogP contribution in [0.15, 0.2) is 24.3 Å². The molecule has 4 nitrogen and oxygen atoms in total. The van der Waals surface area contributed by atoms with Crippen LogP contribution in [0.4, 0.5) is 0 Å². The lowest BCUT2D eigenvalue weighted by molar-refractivity contribution is -0.136. The average Bonchev–Trinajstić information content (AvgIpc) is 2.91. The van der Waals surface area contributed by atoms with Crippen LogP contribution >= 0.6 is 0 Å². The SMILES string of the molecule is COc1ccccc1C(C)N(C)C(=O)[C@@H]1CNC[C@H]1C. The van der Waals surface area contributed by atoms with Gasteiger partial charge in [0.2, 0.25) is 5.91 Å². The van der Waals surface area contributed by atoms with Crippen molar-refractivity contribution in [1.82, 2.24) is 10.2 Å². The minimum absolute atomic E-state index is 0.00597. The number of carbonyl (C=O) groups excluding carboxylic acids is 1. The van der Waals surface area contributed by atoms with Gasteiger partial charge in [0.15, 0.2) is 0 Å². The first kappa shape index (κ1) is 14.9. The minimum atomic E-state index is 0.00597. The van der Waals surface area contributed by atoms with Crippen molar-refractivity contribution in [1.29, 1.82) is 0 Å². The van der Waals surface area contributed by atoms with Gasteiger partial charge >= 0.3 is 0 Å². The van der Waals surface area contributed by atoms with Crippen molar-refractivity contribution >= 4 is 5.91 Å². The monoisotopic (exact) mass is 276 g/mol. The molecule has 0 aromatic heterocycles. The van der Waals surface area contributed by atoms with Gasteiger partial charge in [-0.25, -0.2) is 0 Å². The lowest BCUT2D eigenvalue weighted by Gasteiger charge is -2.29. The highest BCUT2D eigenvalue weighted by molar-refractivity contribution is 5.80. The van der Waals surface area contributed by atoms with Gasteiger partial charge in [-0.3, -0.25) is 4.79 Å². The Balaban J connectivity index is 2.15. The summed E-state index contributed by atoms with van der Waals surface area (Å²) in [6.07, 6.45) is 0. The van der Waals surface area contributed by atoms with Crippen LogP contribution in [-0.2, 0) is 4.79 Å². The fourth-order valence-corrected chi connectivity index (χ4v) is 2.81. The van der Waals surface area contributed by atoms with E-state index in [4.69, 9.17) is 4.74 Å². The number of nitrogens with zero attached hydrogens (tertiary/aromatic N) is 1. The smallest absolute Gasteiger partial charge is 0.227 e. The van der Waals surface area contributed by atoms with Crippen LogP contribution in [0.5, 0.6) is 5.75 Å². The standard InChI is InChI=1S/C16H24N2O2/c1-11-9-17-10-14(11)16(19)18(3)12(2)13-7-5-6-8-15(13)20-4/h5-8,11-12,14,17H,9-10H2,1-4H3/t11-,12?,14-/m1/s1. The number of hydrogen-bond donors (Lipinski definition) is 1. The number of carbonyl (C=O) groups is 1. The highest BCUT2D eigenvalue weighted by Gasteiger charge is 2.33. The van der Waals surface area contributed by atoms with Gasteiger partial charge in [-0.2, -0.15) is 0 Å². The average molecular weight is 276 g/mol. The van der Waals surface area contributed by atoms with Crippen LogP contribution in [-0.4, -0.2) is 38.1 Å². The van der Waals surface area contributed by atoms with Crippen LogP contribution in [0.1, 0.15) is 25.5 Å². The zero-order valence-corrected chi connectivity index (χ0v) is 12.7. The number of amides is 1. The van der Waals surface area contributed by atoms with Crippen molar-refractivity contribution < 1.29 is 9.53 Å². The number of nitrogens with one attached hydrogen (secondary N) is 1. The minimum Gasteiger partial charge on any atom is -0.496 e. The number of benzene rings is 1. The predicted molar refractivity (Wildman–Crippen MR) is 79.7 cm³/mol. The summed E-state index contributed by atoms with van der Waals surface area (Å²) in [5, 5.41) is 3.29. The number of ether oxygens (including phenoxy) is 1. The molecule has 1 aliphatic rings. The second-order valence-corrected chi connectivity index (χ2v) is 5.61. The summed E-state index contributed by atoms with van der Waals surface area (Å²) in [4.78, 5) is 14.5. The predicted octanol–water partition coefficient (Wildman–Crippen LogP) is 2.07. The summed E-state index contributed by atoms with van der Waals surface area (Å²) in [5.74, 6) is 1.52. The second-order valence-electron chi connectivity index (χ2n) is 5.61. The first-order valence-corrected chi connectivity index (χ1v) is 7.16. The highest BCUT2D eigenvalue weighted by atomic mass is 16.5. The zero-order chi connectivity index (χ0) is 14.7. The van der Waals surface area contributed by atoms with Gasteiger partial charge in [-0.05, 0) is 25.5 Å². The van der Waals surface area contributed by atoms with Crippen LogP contribution in [0.3, 0.4) is 0 Å². The fraction of sp³-hybridized carbons (Fsp3) is 0.562. The Bertz CT molecular complexity index is 475. The van der Waals surface area contributed by atoms with Crippen molar-refractivity contribution in [2.45, 2.75) is 19.9 Å². The summed E-state index contributed by atoms with van der Waals surface area (Å²) in [7, 11) is 3.54. The molecule has 0 radical (unpaired) electrons. The Morgan fingerprint density at radius 3 is 2.70 bits per heavy atom. The molecule has 0 aliphatic carbocycles. The molecule has 3 atom stereocenters. The molecule has 0 saturated carbocycles. The van der Waals surface area contributed by atoms with E-state index in [1.165, 1.54) is 0 Å². The molecule has 1 unspecified atom stereocenters. The van der Waals surface area contributed by atoms with E-state index < -0.39 is 0 Å². The van der Waals surface area contributed by atoms with E-state index >= 15 is 0 Å². The highest BCUT2D eigenvalue weighted by Crippen LogP contribution is 2.30. The maximum Gasteiger partial charge on any atom is 0.227 e. The van der Waals surface area contributed by atoms with Gasteiger partial charge in [0.05, 0.1) is 19.1 Å². The van der Waals surface area contributed by atoms with E-state index in [1.54, 1.807) is 7.11 Å². The number of methoxy groups -OCH3 is 1. The van der Waals surface area contributed by atoms with Crippen molar-refractivity contribution in [3.8, 4) is 5.75 Å². The normalized spacial score (nSPS) is 23.4. The first-order chi connectivity index (χ1) is 9.56. The molecule has 1 N–H and O–H groups in total. The van der Waals surface area contributed by atoms with E-state index in [1.807, 2.05) is 43.1 Å². The van der Waals surface area contributed by atoms with Gasteiger partial charge in [-0.1, -0.05) is 25.1 Å².